The van der Waals surface area contributed by atoms with Gasteiger partial charge in [0.25, 0.3) is 0 Å². The predicted octanol–water partition coefficient (Wildman–Crippen LogP) is 3.61. The maximum absolute atomic E-state index is 12.0. The summed E-state index contributed by atoms with van der Waals surface area (Å²) in [6, 6.07) is 14.0. The number of aliphatic imine (C=N–C) groups is 1. The van der Waals surface area contributed by atoms with Gasteiger partial charge in [0.15, 0.2) is 0 Å². The van der Waals surface area contributed by atoms with Crippen LogP contribution in [0.4, 0.5) is 5.69 Å². The average molecular weight is 302 g/mol. The number of hydrogen-bond acceptors (Lipinski definition) is 4. The van der Waals surface area contributed by atoms with Crippen LogP contribution in [0, 0.1) is 0 Å². The Bertz CT molecular complexity index is 664. The quantitative estimate of drug-likeness (QED) is 0.941. The fourth-order valence-electron chi connectivity index (χ4n) is 2.05. The highest BCUT2D eigenvalue weighted by atomic mass is 32.2. The monoisotopic (exact) mass is 302 g/mol. The van der Waals surface area contributed by atoms with Gasteiger partial charge in [-0.3, -0.25) is 9.79 Å². The van der Waals surface area contributed by atoms with Crippen molar-refractivity contribution in [3.05, 3.63) is 42.5 Å². The summed E-state index contributed by atoms with van der Waals surface area (Å²) in [4.78, 5) is 16.3. The molecule has 0 saturated heterocycles. The summed E-state index contributed by atoms with van der Waals surface area (Å²) in [7, 11) is 0. The lowest BCUT2D eigenvalue weighted by molar-refractivity contribution is -0.113. The highest BCUT2D eigenvalue weighted by Gasteiger charge is 2.11. The van der Waals surface area contributed by atoms with Gasteiger partial charge < -0.3 is 5.32 Å². The summed E-state index contributed by atoms with van der Waals surface area (Å²) < 4.78 is 1.03. The summed E-state index contributed by atoms with van der Waals surface area (Å²) in [6.45, 7) is 0.873. The molecule has 0 bridgehead atoms. The number of rotatable bonds is 3. The molecule has 0 fully saturated rings. The molecule has 1 amide bonds. The van der Waals surface area contributed by atoms with E-state index >= 15 is 0 Å². The maximum atomic E-state index is 12.0. The van der Waals surface area contributed by atoms with Gasteiger partial charge in [-0.05, 0) is 11.5 Å². The van der Waals surface area contributed by atoms with E-state index in [0.717, 1.165) is 33.1 Å². The third-order valence-corrected chi connectivity index (χ3v) is 5.20. The van der Waals surface area contributed by atoms with Gasteiger partial charge in [0.2, 0.25) is 5.91 Å². The molecule has 0 saturated carbocycles. The topological polar surface area (TPSA) is 41.5 Å². The van der Waals surface area contributed by atoms with Crippen molar-refractivity contribution in [1.82, 2.24) is 0 Å². The minimum Gasteiger partial charge on any atom is -0.325 e. The van der Waals surface area contributed by atoms with Gasteiger partial charge in [-0.2, -0.15) is 0 Å². The van der Waals surface area contributed by atoms with Crippen LogP contribution in [0.2, 0.25) is 0 Å². The van der Waals surface area contributed by atoms with Crippen LogP contribution >= 0.6 is 23.5 Å². The number of amides is 1. The van der Waals surface area contributed by atoms with E-state index in [4.69, 9.17) is 0 Å². The van der Waals surface area contributed by atoms with Gasteiger partial charge in [-0.25, -0.2) is 0 Å². The van der Waals surface area contributed by atoms with Crippen LogP contribution in [0.3, 0.4) is 0 Å². The first kappa shape index (κ1) is 13.5. The maximum Gasteiger partial charge on any atom is 0.234 e. The Balaban J connectivity index is 1.68. The second kappa shape index (κ2) is 6.33. The van der Waals surface area contributed by atoms with Crippen molar-refractivity contribution >= 4 is 50.3 Å². The fraction of sp³-hybridized carbons (Fsp3) is 0.200. The van der Waals surface area contributed by atoms with Crippen molar-refractivity contribution in [1.29, 1.82) is 0 Å². The standard InChI is InChI=1S/C15H14N2OS2/c18-14(10-20-15-16-8-9-19-15)17-13-7-3-5-11-4-1-2-6-12(11)13/h1-7H,8-10H2,(H,17,18). The van der Waals surface area contributed by atoms with Crippen molar-refractivity contribution in [2.45, 2.75) is 0 Å². The molecule has 1 aliphatic rings. The zero-order valence-electron chi connectivity index (χ0n) is 10.8. The number of benzene rings is 2. The van der Waals surface area contributed by atoms with E-state index in [0.29, 0.717) is 5.75 Å². The largest absolute Gasteiger partial charge is 0.325 e. The number of carbonyl (C=O) groups excluding carboxylic acids is 1. The lowest BCUT2D eigenvalue weighted by Crippen LogP contribution is -2.14. The highest BCUT2D eigenvalue weighted by molar-refractivity contribution is 8.39. The molecule has 3 nitrogen and oxygen atoms in total. The Labute approximate surface area is 126 Å². The third kappa shape index (κ3) is 3.16. The van der Waals surface area contributed by atoms with Crippen molar-refractivity contribution in [2.75, 3.05) is 23.4 Å². The molecule has 0 aromatic heterocycles. The first-order valence-corrected chi connectivity index (χ1v) is 8.38. The minimum absolute atomic E-state index is 0.0153. The number of anilines is 1. The molecule has 0 aliphatic carbocycles. The second-order valence-corrected chi connectivity index (χ2v) is 6.67. The predicted molar refractivity (Wildman–Crippen MR) is 89.8 cm³/mol. The third-order valence-electron chi connectivity index (χ3n) is 2.95. The second-order valence-electron chi connectivity index (χ2n) is 4.36. The number of carbonyl (C=O) groups is 1. The first-order valence-electron chi connectivity index (χ1n) is 6.40. The first-order chi connectivity index (χ1) is 9.83. The van der Waals surface area contributed by atoms with E-state index in [9.17, 15) is 4.79 Å². The van der Waals surface area contributed by atoms with Crippen LogP contribution < -0.4 is 5.32 Å². The molecule has 102 valence electrons. The van der Waals surface area contributed by atoms with E-state index in [-0.39, 0.29) is 5.91 Å². The van der Waals surface area contributed by atoms with E-state index < -0.39 is 0 Å². The SMILES string of the molecule is O=C(CSC1=NCCS1)Nc1cccc2ccccc12. The van der Waals surface area contributed by atoms with Gasteiger partial charge in [0, 0.05) is 16.8 Å². The molecule has 5 heteroatoms. The minimum atomic E-state index is 0.0153. The highest BCUT2D eigenvalue weighted by Crippen LogP contribution is 2.24. The van der Waals surface area contributed by atoms with Crippen LogP contribution in [0.5, 0.6) is 0 Å². The Morgan fingerprint density at radius 2 is 2.10 bits per heavy atom. The molecule has 2 aromatic carbocycles. The van der Waals surface area contributed by atoms with Crippen LogP contribution in [0.15, 0.2) is 47.5 Å². The molecule has 0 unspecified atom stereocenters. The van der Waals surface area contributed by atoms with E-state index in [1.807, 2.05) is 42.5 Å². The van der Waals surface area contributed by atoms with Gasteiger partial charge in [-0.15, -0.1) is 0 Å². The number of fused-ring (bicyclic) bond motifs is 1. The van der Waals surface area contributed by atoms with Crippen molar-refractivity contribution in [2.24, 2.45) is 4.99 Å². The number of thioether (sulfide) groups is 2. The molecule has 0 atom stereocenters. The van der Waals surface area contributed by atoms with E-state index in [2.05, 4.69) is 10.3 Å². The van der Waals surface area contributed by atoms with Crippen molar-refractivity contribution < 1.29 is 4.79 Å². The lowest BCUT2D eigenvalue weighted by Gasteiger charge is -2.08. The van der Waals surface area contributed by atoms with Crippen LogP contribution in [0.1, 0.15) is 0 Å². The van der Waals surface area contributed by atoms with Crippen molar-refractivity contribution in [3.63, 3.8) is 0 Å². The van der Waals surface area contributed by atoms with Crippen LogP contribution in [-0.2, 0) is 4.79 Å². The summed E-state index contributed by atoms with van der Waals surface area (Å²) in [5, 5.41) is 5.19. The zero-order chi connectivity index (χ0) is 13.8. The smallest absolute Gasteiger partial charge is 0.234 e. The molecule has 1 N–H and O–H groups in total. The zero-order valence-corrected chi connectivity index (χ0v) is 12.5. The molecule has 1 heterocycles. The molecule has 0 radical (unpaired) electrons. The molecule has 3 rings (SSSR count). The average Bonchev–Trinajstić information content (AvgIpc) is 2.99. The summed E-state index contributed by atoms with van der Waals surface area (Å²) >= 11 is 3.24. The van der Waals surface area contributed by atoms with Crippen LogP contribution in [0.25, 0.3) is 10.8 Å². The molecular formula is C15H14N2OS2. The molecule has 1 aliphatic heterocycles. The van der Waals surface area contributed by atoms with Gasteiger partial charge in [-0.1, -0.05) is 59.9 Å². The van der Waals surface area contributed by atoms with Gasteiger partial charge in [0.1, 0.15) is 4.38 Å². The summed E-state index contributed by atoms with van der Waals surface area (Å²) in [5.74, 6) is 1.46. The normalized spacial score (nSPS) is 14.3. The summed E-state index contributed by atoms with van der Waals surface area (Å²) in [5.41, 5.74) is 0.870. The number of hydrogen-bond donors (Lipinski definition) is 1. The molecular weight excluding hydrogens is 288 g/mol. The number of nitrogens with one attached hydrogen (secondary N) is 1. The lowest BCUT2D eigenvalue weighted by atomic mass is 10.1. The van der Waals surface area contributed by atoms with Gasteiger partial charge in [0.05, 0.1) is 12.3 Å². The Kier molecular flexibility index (Phi) is 4.28. The molecule has 2 aromatic rings. The molecule has 0 spiro atoms. The van der Waals surface area contributed by atoms with E-state index in [1.165, 1.54) is 11.8 Å². The van der Waals surface area contributed by atoms with Crippen LogP contribution in [-0.4, -0.2) is 28.3 Å². The molecule has 20 heavy (non-hydrogen) atoms. The Hall–Kier alpha value is -1.46. The Morgan fingerprint density at radius 3 is 2.95 bits per heavy atom. The number of nitrogens with zero attached hydrogens (tertiary/aromatic N) is 1. The fourth-order valence-corrected chi connectivity index (χ4v) is 3.86. The Morgan fingerprint density at radius 1 is 1.25 bits per heavy atom. The summed E-state index contributed by atoms with van der Waals surface area (Å²) in [6.07, 6.45) is 0. The van der Waals surface area contributed by atoms with Gasteiger partial charge >= 0.3 is 0 Å². The van der Waals surface area contributed by atoms with Crippen molar-refractivity contribution in [3.8, 4) is 0 Å². The van der Waals surface area contributed by atoms with E-state index in [1.54, 1.807) is 11.8 Å².